The standard InChI is InChI=1S/C15H20O4/c1-14(2,8-13(16)17)15(9-19-10-15)11-6-4-5-7-12(11)18-3/h4-7H,8-10H2,1-3H3,(H,16,17). The number of carbonyl (C=O) groups is 1. The summed E-state index contributed by atoms with van der Waals surface area (Å²) in [5.41, 5.74) is 0.346. The second-order valence-electron chi connectivity index (χ2n) is 5.73. The highest BCUT2D eigenvalue weighted by atomic mass is 16.5. The maximum Gasteiger partial charge on any atom is 0.303 e. The maximum absolute atomic E-state index is 11.1. The summed E-state index contributed by atoms with van der Waals surface area (Å²) in [6.45, 7) is 5.04. The molecule has 1 saturated heterocycles. The fourth-order valence-electron chi connectivity index (χ4n) is 2.80. The highest BCUT2D eigenvalue weighted by molar-refractivity contribution is 5.68. The lowest BCUT2D eigenvalue weighted by atomic mass is 9.59. The van der Waals surface area contributed by atoms with E-state index in [1.165, 1.54) is 0 Å². The lowest BCUT2D eigenvalue weighted by Crippen LogP contribution is -2.57. The van der Waals surface area contributed by atoms with Crippen LogP contribution in [0.2, 0.25) is 0 Å². The fraction of sp³-hybridized carbons (Fsp3) is 0.533. The van der Waals surface area contributed by atoms with Crippen LogP contribution in [0.3, 0.4) is 0 Å². The van der Waals surface area contributed by atoms with Gasteiger partial charge in [0.1, 0.15) is 5.75 Å². The smallest absolute Gasteiger partial charge is 0.303 e. The van der Waals surface area contributed by atoms with E-state index in [-0.39, 0.29) is 11.8 Å². The van der Waals surface area contributed by atoms with Crippen molar-refractivity contribution in [2.45, 2.75) is 25.7 Å². The van der Waals surface area contributed by atoms with Gasteiger partial charge in [-0.2, -0.15) is 0 Å². The van der Waals surface area contributed by atoms with Gasteiger partial charge in [0.05, 0.1) is 32.2 Å². The van der Waals surface area contributed by atoms with Crippen LogP contribution in [0.15, 0.2) is 24.3 Å². The van der Waals surface area contributed by atoms with Gasteiger partial charge >= 0.3 is 5.97 Å². The molecule has 0 aromatic heterocycles. The van der Waals surface area contributed by atoms with Crippen LogP contribution in [-0.4, -0.2) is 31.4 Å². The zero-order valence-electron chi connectivity index (χ0n) is 11.6. The summed E-state index contributed by atoms with van der Waals surface area (Å²) in [4.78, 5) is 11.1. The summed E-state index contributed by atoms with van der Waals surface area (Å²) >= 11 is 0. The molecule has 1 N–H and O–H groups in total. The van der Waals surface area contributed by atoms with Gasteiger partial charge in [-0.25, -0.2) is 0 Å². The van der Waals surface area contributed by atoms with Crippen LogP contribution in [0.4, 0.5) is 0 Å². The van der Waals surface area contributed by atoms with E-state index in [1.807, 2.05) is 38.1 Å². The van der Waals surface area contributed by atoms with Crippen molar-refractivity contribution in [2.75, 3.05) is 20.3 Å². The summed E-state index contributed by atoms with van der Waals surface area (Å²) in [5.74, 6) is 0.00966. The van der Waals surface area contributed by atoms with Crippen molar-refractivity contribution < 1.29 is 19.4 Å². The van der Waals surface area contributed by atoms with E-state index >= 15 is 0 Å². The largest absolute Gasteiger partial charge is 0.496 e. The van der Waals surface area contributed by atoms with Gasteiger partial charge in [-0.3, -0.25) is 4.79 Å². The molecule has 1 aromatic carbocycles. The molecular formula is C15H20O4. The minimum absolute atomic E-state index is 0.106. The van der Waals surface area contributed by atoms with Crippen LogP contribution in [0, 0.1) is 5.41 Å². The molecule has 4 heteroatoms. The minimum atomic E-state index is -0.786. The molecule has 0 unspecified atom stereocenters. The predicted molar refractivity (Wildman–Crippen MR) is 71.5 cm³/mol. The van der Waals surface area contributed by atoms with Gasteiger partial charge in [-0.1, -0.05) is 32.0 Å². The van der Waals surface area contributed by atoms with Gasteiger partial charge in [-0.05, 0) is 11.5 Å². The molecule has 0 atom stereocenters. The van der Waals surface area contributed by atoms with E-state index in [9.17, 15) is 4.79 Å². The Kier molecular flexibility index (Phi) is 3.54. The molecule has 1 fully saturated rings. The predicted octanol–water partition coefficient (Wildman–Crippen LogP) is 2.46. The SMILES string of the molecule is COc1ccccc1C1(C(C)(C)CC(=O)O)COC1. The van der Waals surface area contributed by atoms with E-state index in [0.717, 1.165) is 11.3 Å². The van der Waals surface area contributed by atoms with Crippen LogP contribution in [0.5, 0.6) is 5.75 Å². The summed E-state index contributed by atoms with van der Waals surface area (Å²) in [5, 5.41) is 9.13. The lowest BCUT2D eigenvalue weighted by Gasteiger charge is -2.52. The van der Waals surface area contributed by atoms with Crippen molar-refractivity contribution in [3.63, 3.8) is 0 Å². The summed E-state index contributed by atoms with van der Waals surface area (Å²) in [7, 11) is 1.64. The van der Waals surface area contributed by atoms with E-state index in [2.05, 4.69) is 0 Å². The summed E-state index contributed by atoms with van der Waals surface area (Å²) in [6, 6.07) is 7.78. The molecule has 0 amide bonds. The molecule has 104 valence electrons. The van der Waals surface area contributed by atoms with Crippen molar-refractivity contribution >= 4 is 5.97 Å². The second-order valence-corrected chi connectivity index (χ2v) is 5.73. The van der Waals surface area contributed by atoms with Crippen molar-refractivity contribution in [1.82, 2.24) is 0 Å². The fourth-order valence-corrected chi connectivity index (χ4v) is 2.80. The first-order valence-electron chi connectivity index (χ1n) is 6.36. The van der Waals surface area contributed by atoms with Crippen molar-refractivity contribution in [3.8, 4) is 5.75 Å². The lowest BCUT2D eigenvalue weighted by molar-refractivity contribution is -0.151. The van der Waals surface area contributed by atoms with Crippen molar-refractivity contribution in [3.05, 3.63) is 29.8 Å². The first kappa shape index (κ1) is 13.9. The van der Waals surface area contributed by atoms with Crippen LogP contribution in [0.25, 0.3) is 0 Å². The third-order valence-electron chi connectivity index (χ3n) is 4.21. The molecule has 0 bridgehead atoms. The molecule has 1 heterocycles. The Morgan fingerprint density at radius 1 is 1.42 bits per heavy atom. The second kappa shape index (κ2) is 4.85. The molecule has 1 aliphatic rings. The van der Waals surface area contributed by atoms with Gasteiger partial charge < -0.3 is 14.6 Å². The molecule has 2 rings (SSSR count). The topological polar surface area (TPSA) is 55.8 Å². The molecule has 0 radical (unpaired) electrons. The number of benzene rings is 1. The van der Waals surface area contributed by atoms with Crippen LogP contribution in [-0.2, 0) is 14.9 Å². The molecule has 4 nitrogen and oxygen atoms in total. The van der Waals surface area contributed by atoms with Gasteiger partial charge in [0.15, 0.2) is 0 Å². The Balaban J connectivity index is 2.45. The molecule has 1 aromatic rings. The third kappa shape index (κ3) is 2.21. The van der Waals surface area contributed by atoms with E-state index in [4.69, 9.17) is 14.6 Å². The highest BCUT2D eigenvalue weighted by Crippen LogP contribution is 2.51. The number of aliphatic carboxylic acids is 1. The Bertz CT molecular complexity index is 475. The number of carboxylic acids is 1. The average molecular weight is 264 g/mol. The number of rotatable bonds is 5. The number of methoxy groups -OCH3 is 1. The third-order valence-corrected chi connectivity index (χ3v) is 4.21. The van der Waals surface area contributed by atoms with Crippen molar-refractivity contribution in [1.29, 1.82) is 0 Å². The normalized spacial score (nSPS) is 17.6. The monoisotopic (exact) mass is 264 g/mol. The van der Waals surface area contributed by atoms with Crippen LogP contribution < -0.4 is 4.74 Å². The highest BCUT2D eigenvalue weighted by Gasteiger charge is 2.54. The van der Waals surface area contributed by atoms with E-state index in [1.54, 1.807) is 7.11 Å². The quantitative estimate of drug-likeness (QED) is 0.887. The first-order valence-corrected chi connectivity index (χ1v) is 6.36. The summed E-state index contributed by atoms with van der Waals surface area (Å²) in [6.07, 6.45) is 0.106. The van der Waals surface area contributed by atoms with Gasteiger partial charge in [-0.15, -0.1) is 0 Å². The summed E-state index contributed by atoms with van der Waals surface area (Å²) < 4.78 is 10.8. The van der Waals surface area contributed by atoms with Gasteiger partial charge in [0.25, 0.3) is 0 Å². The van der Waals surface area contributed by atoms with Crippen LogP contribution in [0.1, 0.15) is 25.8 Å². The average Bonchev–Trinajstić information content (AvgIpc) is 2.25. The van der Waals surface area contributed by atoms with Gasteiger partial charge in [0, 0.05) is 5.56 Å². The minimum Gasteiger partial charge on any atom is -0.496 e. The van der Waals surface area contributed by atoms with E-state index in [0.29, 0.717) is 13.2 Å². The number of para-hydroxylation sites is 1. The van der Waals surface area contributed by atoms with Gasteiger partial charge in [0.2, 0.25) is 0 Å². The molecule has 0 spiro atoms. The molecule has 1 aliphatic heterocycles. The molecule has 19 heavy (non-hydrogen) atoms. The Labute approximate surface area is 113 Å². The molecule has 0 aliphatic carbocycles. The Morgan fingerprint density at radius 3 is 2.53 bits per heavy atom. The molecular weight excluding hydrogens is 244 g/mol. The molecule has 0 saturated carbocycles. The van der Waals surface area contributed by atoms with E-state index < -0.39 is 11.4 Å². The zero-order valence-corrected chi connectivity index (χ0v) is 11.6. The Morgan fingerprint density at radius 2 is 2.05 bits per heavy atom. The first-order chi connectivity index (χ1) is 8.93. The number of ether oxygens (including phenoxy) is 2. The van der Waals surface area contributed by atoms with Crippen molar-refractivity contribution in [2.24, 2.45) is 5.41 Å². The number of carboxylic acid groups (broad SMARTS) is 1. The number of hydrogen-bond acceptors (Lipinski definition) is 3. The van der Waals surface area contributed by atoms with Crippen LogP contribution >= 0.6 is 0 Å². The maximum atomic E-state index is 11.1. The zero-order chi connectivity index (χ0) is 14.1. The Hall–Kier alpha value is -1.55. The number of hydrogen-bond donors (Lipinski definition) is 1.